The summed E-state index contributed by atoms with van der Waals surface area (Å²) < 4.78 is 6.61. The van der Waals surface area contributed by atoms with Crippen LogP contribution in [0.15, 0.2) is 89.7 Å². The van der Waals surface area contributed by atoms with E-state index >= 15 is 0 Å². The number of nitrogens with one attached hydrogen (secondary N) is 2. The Morgan fingerprint density at radius 2 is 1.67 bits per heavy atom. The molecule has 0 aliphatic rings. The van der Waals surface area contributed by atoms with Crippen LogP contribution in [0.3, 0.4) is 0 Å². The van der Waals surface area contributed by atoms with Gasteiger partial charge in [-0.05, 0) is 71.0 Å². The van der Waals surface area contributed by atoms with Gasteiger partial charge in [0.15, 0.2) is 0 Å². The zero-order valence-electron chi connectivity index (χ0n) is 18.1. The van der Waals surface area contributed by atoms with E-state index < -0.39 is 5.91 Å². The number of hydrogen-bond donors (Lipinski definition) is 2. The van der Waals surface area contributed by atoms with Gasteiger partial charge in [-0.15, -0.1) is 0 Å². The number of amides is 2. The third-order valence-corrected chi connectivity index (χ3v) is 5.45. The molecule has 0 saturated carbocycles. The highest BCUT2D eigenvalue weighted by atomic mass is 127. The van der Waals surface area contributed by atoms with E-state index in [2.05, 4.69) is 38.4 Å². The Bertz CT molecular complexity index is 1140. The van der Waals surface area contributed by atoms with Crippen molar-refractivity contribution in [1.82, 2.24) is 10.7 Å². The fourth-order valence-corrected chi connectivity index (χ4v) is 3.32. The molecule has 0 aromatic heterocycles. The highest BCUT2D eigenvalue weighted by Crippen LogP contribution is 2.15. The fourth-order valence-electron chi connectivity index (χ4n) is 2.79. The largest absolute Gasteiger partial charge is 0.494 e. The predicted octanol–water partition coefficient (Wildman–Crippen LogP) is 5.00. The first kappa shape index (κ1) is 24.2. The van der Waals surface area contributed by atoms with Gasteiger partial charge in [0.1, 0.15) is 11.4 Å². The van der Waals surface area contributed by atoms with Crippen LogP contribution >= 0.6 is 22.6 Å². The SMILES string of the molecule is CCCOc1ccc(/C=C(\NC(=O)c2ccccc2)C(=O)N/N=C/c2ccccc2I)cc1. The Labute approximate surface area is 206 Å². The number of nitrogens with zero attached hydrogens (tertiary/aromatic N) is 1. The number of rotatable bonds is 9. The molecular weight excluding hydrogens is 529 g/mol. The lowest BCUT2D eigenvalue weighted by Gasteiger charge is -2.10. The number of benzene rings is 3. The topological polar surface area (TPSA) is 79.8 Å². The van der Waals surface area contributed by atoms with E-state index in [1.165, 1.54) is 0 Å². The first-order valence-corrected chi connectivity index (χ1v) is 11.5. The van der Waals surface area contributed by atoms with E-state index in [0.29, 0.717) is 12.2 Å². The minimum atomic E-state index is -0.534. The van der Waals surface area contributed by atoms with Crippen molar-refractivity contribution in [3.05, 3.63) is 105 Å². The molecule has 6 nitrogen and oxygen atoms in total. The summed E-state index contributed by atoms with van der Waals surface area (Å²) in [7, 11) is 0. The maximum absolute atomic E-state index is 12.9. The summed E-state index contributed by atoms with van der Waals surface area (Å²) in [6.07, 6.45) is 4.08. The van der Waals surface area contributed by atoms with E-state index in [9.17, 15) is 9.59 Å². The van der Waals surface area contributed by atoms with Crippen molar-refractivity contribution in [1.29, 1.82) is 0 Å². The van der Waals surface area contributed by atoms with Crippen molar-refractivity contribution in [2.45, 2.75) is 13.3 Å². The Hall–Kier alpha value is -3.46. The maximum Gasteiger partial charge on any atom is 0.287 e. The molecule has 0 aliphatic heterocycles. The molecule has 33 heavy (non-hydrogen) atoms. The van der Waals surface area contributed by atoms with Crippen molar-refractivity contribution in [3.8, 4) is 5.75 Å². The van der Waals surface area contributed by atoms with Crippen molar-refractivity contribution < 1.29 is 14.3 Å². The average Bonchev–Trinajstić information content (AvgIpc) is 2.84. The van der Waals surface area contributed by atoms with Crippen molar-refractivity contribution in [2.75, 3.05) is 6.61 Å². The van der Waals surface area contributed by atoms with Crippen LogP contribution in [0.5, 0.6) is 5.75 Å². The summed E-state index contributed by atoms with van der Waals surface area (Å²) in [5.74, 6) is -0.176. The predicted molar refractivity (Wildman–Crippen MR) is 139 cm³/mol. The molecule has 0 radical (unpaired) electrons. The van der Waals surface area contributed by atoms with Gasteiger partial charge in [0.2, 0.25) is 0 Å². The molecule has 0 aliphatic carbocycles. The Morgan fingerprint density at radius 3 is 2.36 bits per heavy atom. The van der Waals surface area contributed by atoms with Crippen molar-refractivity contribution >= 4 is 46.7 Å². The summed E-state index contributed by atoms with van der Waals surface area (Å²) in [6, 6.07) is 23.7. The van der Waals surface area contributed by atoms with Crippen LogP contribution in [0.4, 0.5) is 0 Å². The summed E-state index contributed by atoms with van der Waals surface area (Å²) in [4.78, 5) is 25.5. The molecule has 2 N–H and O–H groups in total. The summed E-state index contributed by atoms with van der Waals surface area (Å²) in [5.41, 5.74) is 4.63. The fraction of sp³-hybridized carbons (Fsp3) is 0.115. The van der Waals surface area contributed by atoms with Gasteiger partial charge >= 0.3 is 0 Å². The van der Waals surface area contributed by atoms with Crippen LogP contribution in [0, 0.1) is 3.57 Å². The summed E-state index contributed by atoms with van der Waals surface area (Å²) in [6.45, 7) is 2.67. The monoisotopic (exact) mass is 553 g/mol. The number of ether oxygens (including phenoxy) is 1. The van der Waals surface area contributed by atoms with Gasteiger partial charge in [-0.1, -0.05) is 55.5 Å². The van der Waals surface area contributed by atoms with Gasteiger partial charge in [0, 0.05) is 14.7 Å². The molecule has 0 saturated heterocycles. The third-order valence-electron chi connectivity index (χ3n) is 4.47. The van der Waals surface area contributed by atoms with E-state index in [-0.39, 0.29) is 11.6 Å². The van der Waals surface area contributed by atoms with E-state index in [1.54, 1.807) is 36.6 Å². The second-order valence-corrected chi connectivity index (χ2v) is 8.18. The molecule has 0 heterocycles. The molecule has 0 fully saturated rings. The van der Waals surface area contributed by atoms with Crippen LogP contribution in [0.25, 0.3) is 6.08 Å². The Morgan fingerprint density at radius 1 is 0.970 bits per heavy atom. The zero-order valence-corrected chi connectivity index (χ0v) is 20.3. The van der Waals surface area contributed by atoms with Crippen LogP contribution < -0.4 is 15.5 Å². The molecular formula is C26H24IN3O3. The standard InChI is InChI=1S/C26H24IN3O3/c1-2-16-33-22-14-12-19(13-15-22)17-24(29-25(31)20-8-4-3-5-9-20)26(32)30-28-18-21-10-6-7-11-23(21)27/h3-15,17-18H,2,16H2,1H3,(H,29,31)(H,30,32)/b24-17-,28-18+. The van der Waals surface area contributed by atoms with Gasteiger partial charge in [-0.2, -0.15) is 5.10 Å². The minimum absolute atomic E-state index is 0.0750. The molecule has 7 heteroatoms. The molecule has 2 amide bonds. The lowest BCUT2D eigenvalue weighted by molar-refractivity contribution is -0.117. The van der Waals surface area contributed by atoms with E-state index in [1.807, 2.05) is 61.5 Å². The maximum atomic E-state index is 12.9. The second kappa shape index (κ2) is 12.5. The molecule has 3 aromatic rings. The zero-order chi connectivity index (χ0) is 23.5. The van der Waals surface area contributed by atoms with Gasteiger partial charge in [0.05, 0.1) is 12.8 Å². The third kappa shape index (κ3) is 7.57. The second-order valence-electron chi connectivity index (χ2n) is 7.02. The molecule has 3 rings (SSSR count). The van der Waals surface area contributed by atoms with Gasteiger partial charge in [-0.25, -0.2) is 5.43 Å². The highest BCUT2D eigenvalue weighted by Gasteiger charge is 2.14. The summed E-state index contributed by atoms with van der Waals surface area (Å²) >= 11 is 2.20. The molecule has 168 valence electrons. The van der Waals surface area contributed by atoms with E-state index in [0.717, 1.165) is 26.9 Å². The molecule has 0 atom stereocenters. The first-order valence-electron chi connectivity index (χ1n) is 10.5. The highest BCUT2D eigenvalue weighted by molar-refractivity contribution is 14.1. The normalized spacial score (nSPS) is 11.3. The van der Waals surface area contributed by atoms with Crippen LogP contribution in [-0.4, -0.2) is 24.6 Å². The lowest BCUT2D eigenvalue weighted by atomic mass is 10.1. The van der Waals surface area contributed by atoms with Gasteiger partial charge in [-0.3, -0.25) is 9.59 Å². The van der Waals surface area contributed by atoms with Crippen molar-refractivity contribution in [2.24, 2.45) is 5.10 Å². The summed E-state index contributed by atoms with van der Waals surface area (Å²) in [5, 5.41) is 6.75. The minimum Gasteiger partial charge on any atom is -0.494 e. The van der Waals surface area contributed by atoms with Crippen LogP contribution in [-0.2, 0) is 4.79 Å². The number of halogens is 1. The Kier molecular flexibility index (Phi) is 9.19. The smallest absolute Gasteiger partial charge is 0.287 e. The van der Waals surface area contributed by atoms with Gasteiger partial charge in [0.25, 0.3) is 11.8 Å². The lowest BCUT2D eigenvalue weighted by Crippen LogP contribution is -2.32. The molecule has 0 unspecified atom stereocenters. The quantitative estimate of drug-likeness (QED) is 0.170. The van der Waals surface area contributed by atoms with Crippen LogP contribution in [0.2, 0.25) is 0 Å². The number of hydrazone groups is 1. The molecule has 0 bridgehead atoms. The van der Waals surface area contributed by atoms with Crippen molar-refractivity contribution in [3.63, 3.8) is 0 Å². The van der Waals surface area contributed by atoms with Gasteiger partial charge < -0.3 is 10.1 Å². The number of carbonyl (C=O) groups is 2. The molecule has 0 spiro atoms. The number of carbonyl (C=O) groups excluding carboxylic acids is 2. The van der Waals surface area contributed by atoms with E-state index in [4.69, 9.17) is 4.74 Å². The molecule has 3 aromatic carbocycles. The Balaban J connectivity index is 1.79. The first-order chi connectivity index (χ1) is 16.1. The van der Waals surface area contributed by atoms with Crippen LogP contribution in [0.1, 0.15) is 34.8 Å². The number of hydrogen-bond acceptors (Lipinski definition) is 4. The average molecular weight is 553 g/mol.